The first kappa shape index (κ1) is 52.2. The van der Waals surface area contributed by atoms with E-state index in [2.05, 4.69) is 72.7 Å². The van der Waals surface area contributed by atoms with Gasteiger partial charge in [0.25, 0.3) is 21.6 Å². The quantitative estimate of drug-likeness (QED) is 0.0607. The van der Waals surface area contributed by atoms with E-state index in [9.17, 15) is 28.4 Å². The minimum atomic E-state index is -4.63. The molecule has 5 fully saturated rings. The third kappa shape index (κ3) is 11.0. The van der Waals surface area contributed by atoms with Crippen molar-refractivity contribution in [3.63, 3.8) is 0 Å². The molecule has 18 nitrogen and oxygen atoms in total. The van der Waals surface area contributed by atoms with E-state index in [1.165, 1.54) is 23.3 Å². The van der Waals surface area contributed by atoms with Gasteiger partial charge < -0.3 is 39.4 Å². The Balaban J connectivity index is 0.864. The van der Waals surface area contributed by atoms with E-state index in [-0.39, 0.29) is 23.2 Å². The highest BCUT2D eigenvalue weighted by molar-refractivity contribution is 7.90. The number of aromatic nitrogens is 2. The van der Waals surface area contributed by atoms with Crippen LogP contribution >= 0.6 is 0 Å². The van der Waals surface area contributed by atoms with Crippen LogP contribution in [0.1, 0.15) is 112 Å². The van der Waals surface area contributed by atoms with E-state index in [4.69, 9.17) is 19.2 Å². The van der Waals surface area contributed by atoms with Gasteiger partial charge in [-0.05, 0) is 136 Å². The van der Waals surface area contributed by atoms with Gasteiger partial charge in [0, 0.05) is 101 Å². The van der Waals surface area contributed by atoms with Crippen molar-refractivity contribution in [1.29, 1.82) is 0 Å². The maximum Gasteiger partial charge on any atom is 0.293 e. The number of nitrogens with zero attached hydrogens (tertiary/aromatic N) is 6. The Morgan fingerprint density at radius 2 is 1.68 bits per heavy atom. The first-order valence-electron chi connectivity index (χ1n) is 27.6. The van der Waals surface area contributed by atoms with Crippen molar-refractivity contribution < 1.29 is 37.5 Å². The molecular weight excluding hydrogens is 987 g/mol. The van der Waals surface area contributed by atoms with Crippen molar-refractivity contribution in [3.05, 3.63) is 106 Å². The summed E-state index contributed by atoms with van der Waals surface area (Å²) >= 11 is 0. The molecule has 0 radical (unpaired) electrons. The lowest BCUT2D eigenvalue weighted by molar-refractivity contribution is -0.384. The number of amides is 1. The second-order valence-corrected chi connectivity index (χ2v) is 24.3. The number of hydrogen-bond acceptors (Lipinski definition) is 15. The molecule has 5 aromatic rings. The van der Waals surface area contributed by atoms with Crippen LogP contribution in [0.5, 0.6) is 5.88 Å². The number of pyridine rings is 1. The van der Waals surface area contributed by atoms with E-state index >= 15 is 0 Å². The van der Waals surface area contributed by atoms with Gasteiger partial charge in [-0.15, -0.1) is 0 Å². The number of H-pyrrole nitrogens is 1. The number of aliphatic hydroxyl groups is 1. The van der Waals surface area contributed by atoms with E-state index in [0.29, 0.717) is 85.8 Å². The Morgan fingerprint density at radius 1 is 0.908 bits per heavy atom. The van der Waals surface area contributed by atoms with Crippen molar-refractivity contribution in [2.45, 2.75) is 119 Å². The molecule has 6 aliphatic rings. The number of piperidine rings is 1. The number of piperazine rings is 1. The Morgan fingerprint density at radius 3 is 2.46 bits per heavy atom. The molecule has 11 rings (SSSR count). The first-order valence-corrected chi connectivity index (χ1v) is 29.0. The van der Waals surface area contributed by atoms with Gasteiger partial charge in [-0.1, -0.05) is 38.1 Å². The molecule has 7 heterocycles. The SMILES string of the molecule is CC(C)c1ccccc1[C@@H]1CN(C2CCOCC2)CCN1CC1CCN(c2ccc(C(=O)NS(=O)(=O)c3ccc(NC[C@H]4CC[C@](C)(O)CC4)c([N+](=O)[O-])c3)c(N3c4cc5cc[nH]c5nc4O[C@H]4COCC[C@@H]43)c2)CC1. The van der Waals surface area contributed by atoms with Gasteiger partial charge in [-0.2, -0.15) is 4.98 Å². The number of nitrogens with one attached hydrogen (secondary N) is 3. The highest BCUT2D eigenvalue weighted by Gasteiger charge is 2.43. The van der Waals surface area contributed by atoms with Crippen LogP contribution in [0.2, 0.25) is 0 Å². The largest absolute Gasteiger partial charge is 0.468 e. The van der Waals surface area contributed by atoms with E-state index in [1.807, 2.05) is 37.4 Å². The second kappa shape index (κ2) is 21.9. The Labute approximate surface area is 445 Å². The van der Waals surface area contributed by atoms with Gasteiger partial charge in [0.2, 0.25) is 5.88 Å². The second-order valence-electron chi connectivity index (χ2n) is 22.6. The van der Waals surface area contributed by atoms with E-state index < -0.39 is 43.1 Å². The fourth-order valence-corrected chi connectivity index (χ4v) is 13.8. The van der Waals surface area contributed by atoms with Crippen LogP contribution in [0.3, 0.4) is 0 Å². The molecule has 1 saturated carbocycles. The summed E-state index contributed by atoms with van der Waals surface area (Å²) in [4.78, 5) is 44.1. The van der Waals surface area contributed by atoms with Crippen molar-refractivity contribution in [1.82, 2.24) is 24.5 Å². The molecule has 76 heavy (non-hydrogen) atoms. The van der Waals surface area contributed by atoms with Crippen molar-refractivity contribution in [3.8, 4) is 5.88 Å². The number of nitro benzene ring substituents is 1. The molecule has 4 N–H and O–H groups in total. The molecular formula is C57H73N9O9S. The summed E-state index contributed by atoms with van der Waals surface area (Å²) in [7, 11) is -4.63. The number of carbonyl (C=O) groups is 1. The van der Waals surface area contributed by atoms with Crippen molar-refractivity contribution in [2.24, 2.45) is 11.8 Å². The normalized spacial score (nSPS) is 25.2. The fourth-order valence-electron chi connectivity index (χ4n) is 12.8. The molecule has 2 aromatic heterocycles. The van der Waals surface area contributed by atoms with Crippen LogP contribution in [-0.4, -0.2) is 140 Å². The number of rotatable bonds is 14. The van der Waals surface area contributed by atoms with Crippen LogP contribution in [0.25, 0.3) is 11.0 Å². The van der Waals surface area contributed by atoms with Crippen molar-refractivity contribution >= 4 is 55.4 Å². The van der Waals surface area contributed by atoms with Gasteiger partial charge >= 0.3 is 0 Å². The van der Waals surface area contributed by atoms with Crippen LogP contribution in [0, 0.1) is 22.0 Å². The minimum Gasteiger partial charge on any atom is -0.468 e. The monoisotopic (exact) mass is 1060 g/mol. The maximum absolute atomic E-state index is 14.8. The third-order valence-electron chi connectivity index (χ3n) is 17.2. The van der Waals surface area contributed by atoms with Crippen LogP contribution in [-0.2, 0) is 19.5 Å². The highest BCUT2D eigenvalue weighted by atomic mass is 32.2. The number of carbonyl (C=O) groups excluding carboxylic acids is 1. The lowest BCUT2D eigenvalue weighted by atomic mass is 9.80. The zero-order valence-corrected chi connectivity index (χ0v) is 44.8. The molecule has 1 amide bonds. The van der Waals surface area contributed by atoms with Crippen LogP contribution in [0.15, 0.2) is 83.9 Å². The molecule has 3 aromatic carbocycles. The van der Waals surface area contributed by atoms with Gasteiger partial charge in [-0.25, -0.2) is 13.1 Å². The number of hydrogen-bond donors (Lipinski definition) is 4. The summed E-state index contributed by atoms with van der Waals surface area (Å²) in [5, 5.41) is 26.8. The lowest BCUT2D eigenvalue weighted by Gasteiger charge is -2.47. The van der Waals surface area contributed by atoms with Crippen molar-refractivity contribution in [2.75, 3.05) is 87.4 Å². The van der Waals surface area contributed by atoms with Gasteiger partial charge in [0.1, 0.15) is 23.1 Å². The first-order chi connectivity index (χ1) is 36.7. The van der Waals surface area contributed by atoms with Gasteiger partial charge in [0.05, 0.1) is 39.3 Å². The summed E-state index contributed by atoms with van der Waals surface area (Å²) in [5.41, 5.74) is 4.70. The molecule has 4 saturated heterocycles. The average Bonchev–Trinajstić information content (AvgIpc) is 3.92. The molecule has 0 unspecified atom stereocenters. The van der Waals surface area contributed by atoms with E-state index in [0.717, 1.165) is 108 Å². The lowest BCUT2D eigenvalue weighted by Crippen LogP contribution is -2.54. The summed E-state index contributed by atoms with van der Waals surface area (Å²) in [6.45, 7) is 15.0. The number of nitro groups is 1. The average molecular weight is 1060 g/mol. The highest BCUT2D eigenvalue weighted by Crippen LogP contribution is 2.46. The third-order valence-corrected chi connectivity index (χ3v) is 18.6. The summed E-state index contributed by atoms with van der Waals surface area (Å²) in [5.74, 6) is 0.584. The van der Waals surface area contributed by atoms with Gasteiger partial charge in [0.15, 0.2) is 0 Å². The van der Waals surface area contributed by atoms with Gasteiger partial charge in [-0.3, -0.25) is 24.7 Å². The molecule has 1 aliphatic carbocycles. The standard InChI is InChI=1S/C57H73N9O9S/c1-37(2)44-6-4-5-7-45(44)52-35-63(41-17-27-73-28-18-41)25-26-64(52)34-39-15-23-62(24-16-39)42-8-10-46(49(31-42)65-48-19-29-74-36-53(48)75-56-51(65)30-40-14-22-58-54(40)60-56)55(67)61-76(71,72)43-9-11-47(50(32-43)66(69)70)59-33-38-12-20-57(3,68)21-13-38/h4-11,14,22,30-32,37-39,41,48,52-53,59,68H,12-13,15-21,23-29,33-36H2,1-3H3,(H,58,60)(H,61,67)/t38-,48-,52-,53-,57-/m0/s1. The number of ether oxygens (including phenoxy) is 3. The van der Waals surface area contributed by atoms with E-state index in [1.54, 1.807) is 6.07 Å². The Kier molecular flexibility index (Phi) is 15.0. The topological polar surface area (TPSA) is 208 Å². The molecule has 0 bridgehead atoms. The summed E-state index contributed by atoms with van der Waals surface area (Å²) in [6.07, 6.45) is 8.87. The maximum atomic E-state index is 14.8. The summed E-state index contributed by atoms with van der Waals surface area (Å²) in [6, 6.07) is 22.7. The van der Waals surface area contributed by atoms with Crippen LogP contribution in [0.4, 0.5) is 28.4 Å². The smallest absolute Gasteiger partial charge is 0.293 e. The molecule has 19 heteroatoms. The number of anilines is 4. The predicted molar refractivity (Wildman–Crippen MR) is 292 cm³/mol. The number of aromatic amines is 1. The Hall–Kier alpha value is -5.83. The number of fused-ring (bicyclic) bond motifs is 3. The number of sulfonamides is 1. The summed E-state index contributed by atoms with van der Waals surface area (Å²) < 4.78 is 49.0. The zero-order chi connectivity index (χ0) is 52.7. The molecule has 3 atom stereocenters. The Bertz CT molecular complexity index is 3020. The molecule has 0 spiro atoms. The van der Waals surface area contributed by atoms with Crippen LogP contribution < -0.4 is 24.6 Å². The number of benzene rings is 3. The minimum absolute atomic E-state index is 0.112. The molecule has 5 aliphatic heterocycles. The molecule has 406 valence electrons. The predicted octanol–water partition coefficient (Wildman–Crippen LogP) is 8.51. The fraction of sp³-hybridized carbons (Fsp3) is 0.544. The zero-order valence-electron chi connectivity index (χ0n) is 44.0.